The van der Waals surface area contributed by atoms with Gasteiger partial charge in [-0.3, -0.25) is 0 Å². The number of nitrogens with zero attached hydrogens (tertiary/aromatic N) is 2. The minimum Gasteiger partial charge on any atom is -0.432 e. The van der Waals surface area contributed by atoms with Gasteiger partial charge in [-0.05, 0) is 25.9 Å². The average Bonchev–Trinajstić information content (AvgIpc) is 2.77. The lowest BCUT2D eigenvalue weighted by atomic mass is 10.1. The predicted octanol–water partition coefficient (Wildman–Crippen LogP) is 2.40. The molecule has 2 N–H and O–H groups in total. The van der Waals surface area contributed by atoms with E-state index in [1.807, 2.05) is 11.9 Å². The zero-order valence-corrected chi connectivity index (χ0v) is 12.2. The number of benzene rings is 1. The van der Waals surface area contributed by atoms with E-state index in [4.69, 9.17) is 5.73 Å². The molecule has 1 atom stereocenters. The van der Waals surface area contributed by atoms with Gasteiger partial charge in [0.25, 0.3) is 0 Å². The summed E-state index contributed by atoms with van der Waals surface area (Å²) < 4.78 is 42.3. The Hall–Kier alpha value is -1.63. The first-order chi connectivity index (χ1) is 9.86. The molecule has 4 nitrogen and oxygen atoms in total. The maximum Gasteiger partial charge on any atom is 0.387 e. The van der Waals surface area contributed by atoms with E-state index in [1.165, 1.54) is 6.07 Å². The fourth-order valence-electron chi connectivity index (χ4n) is 2.74. The molecule has 21 heavy (non-hydrogen) atoms. The molecule has 1 aliphatic heterocycles. The molecule has 118 valence electrons. The Balaban J connectivity index is 2.13. The molecule has 2 rings (SSSR count). The summed E-state index contributed by atoms with van der Waals surface area (Å²) in [5.41, 5.74) is 6.50. The van der Waals surface area contributed by atoms with Gasteiger partial charge in [0.05, 0.1) is 11.4 Å². The largest absolute Gasteiger partial charge is 0.432 e. The number of hydrogen-bond acceptors (Lipinski definition) is 4. The normalized spacial score (nSPS) is 19.2. The zero-order valence-electron chi connectivity index (χ0n) is 12.2. The number of rotatable bonds is 5. The van der Waals surface area contributed by atoms with Crippen molar-refractivity contribution in [2.45, 2.75) is 13.0 Å². The highest BCUT2D eigenvalue weighted by Gasteiger charge is 2.22. The molecule has 0 amide bonds. The Morgan fingerprint density at radius 2 is 2.19 bits per heavy atom. The number of alkyl halides is 2. The second-order valence-corrected chi connectivity index (χ2v) is 5.52. The van der Waals surface area contributed by atoms with Crippen molar-refractivity contribution in [1.29, 1.82) is 0 Å². The van der Waals surface area contributed by atoms with Crippen molar-refractivity contribution in [2.75, 3.05) is 44.4 Å². The van der Waals surface area contributed by atoms with E-state index in [0.29, 0.717) is 11.6 Å². The van der Waals surface area contributed by atoms with Gasteiger partial charge in [0.1, 0.15) is 0 Å². The van der Waals surface area contributed by atoms with Crippen molar-refractivity contribution in [2.24, 2.45) is 5.92 Å². The van der Waals surface area contributed by atoms with Crippen LogP contribution in [0, 0.1) is 11.7 Å². The maximum absolute atomic E-state index is 13.5. The third-order valence-electron chi connectivity index (χ3n) is 3.73. The van der Waals surface area contributed by atoms with E-state index in [1.54, 1.807) is 0 Å². The van der Waals surface area contributed by atoms with Gasteiger partial charge in [-0.1, -0.05) is 0 Å². The highest BCUT2D eigenvalue weighted by Crippen LogP contribution is 2.32. The first kappa shape index (κ1) is 15.8. The number of nitrogen functional groups attached to an aromatic ring is 1. The van der Waals surface area contributed by atoms with Gasteiger partial charge in [-0.2, -0.15) is 8.78 Å². The minimum atomic E-state index is -3.07. The van der Waals surface area contributed by atoms with Crippen LogP contribution in [0.1, 0.15) is 6.42 Å². The van der Waals surface area contributed by atoms with Crippen LogP contribution in [0.15, 0.2) is 12.1 Å². The van der Waals surface area contributed by atoms with Crippen LogP contribution in [0.3, 0.4) is 0 Å². The molecule has 1 fully saturated rings. The van der Waals surface area contributed by atoms with Gasteiger partial charge in [0, 0.05) is 32.3 Å². The quantitative estimate of drug-likeness (QED) is 0.848. The van der Waals surface area contributed by atoms with Crippen LogP contribution in [0.2, 0.25) is 0 Å². The molecule has 1 aromatic carbocycles. The van der Waals surface area contributed by atoms with Crippen molar-refractivity contribution < 1.29 is 17.9 Å². The Morgan fingerprint density at radius 3 is 2.76 bits per heavy atom. The molecule has 1 unspecified atom stereocenters. The van der Waals surface area contributed by atoms with Crippen molar-refractivity contribution >= 4 is 11.4 Å². The molecule has 1 heterocycles. The lowest BCUT2D eigenvalue weighted by molar-refractivity contribution is -0.0521. The average molecular weight is 303 g/mol. The van der Waals surface area contributed by atoms with Gasteiger partial charge >= 0.3 is 6.61 Å². The van der Waals surface area contributed by atoms with Crippen LogP contribution in [-0.4, -0.2) is 45.2 Å². The van der Waals surface area contributed by atoms with E-state index in [2.05, 4.69) is 16.7 Å². The van der Waals surface area contributed by atoms with E-state index in [-0.39, 0.29) is 5.69 Å². The SMILES string of the molecule is CN1CCC(CN(C)c2cc(OC(F)F)c(F)cc2N)C1. The number of halogens is 3. The summed E-state index contributed by atoms with van der Waals surface area (Å²) in [5.74, 6) is -0.890. The molecule has 0 aromatic heterocycles. The van der Waals surface area contributed by atoms with Crippen LogP contribution >= 0.6 is 0 Å². The summed E-state index contributed by atoms with van der Waals surface area (Å²) >= 11 is 0. The zero-order chi connectivity index (χ0) is 15.6. The molecule has 0 radical (unpaired) electrons. The van der Waals surface area contributed by atoms with Crippen molar-refractivity contribution in [3.05, 3.63) is 17.9 Å². The van der Waals surface area contributed by atoms with E-state index >= 15 is 0 Å². The summed E-state index contributed by atoms with van der Waals surface area (Å²) in [4.78, 5) is 4.09. The molecule has 0 bridgehead atoms. The molecule has 0 aliphatic carbocycles. The van der Waals surface area contributed by atoms with Crippen LogP contribution in [0.25, 0.3) is 0 Å². The number of likely N-dealkylation sites (tertiary alicyclic amines) is 1. The minimum absolute atomic E-state index is 0.211. The van der Waals surface area contributed by atoms with Gasteiger partial charge in [0.15, 0.2) is 11.6 Å². The highest BCUT2D eigenvalue weighted by molar-refractivity contribution is 5.69. The molecular weight excluding hydrogens is 283 g/mol. The van der Waals surface area contributed by atoms with E-state index in [9.17, 15) is 13.2 Å². The third kappa shape index (κ3) is 3.93. The van der Waals surface area contributed by atoms with Crippen LogP contribution in [-0.2, 0) is 0 Å². The topological polar surface area (TPSA) is 41.7 Å². The standard InChI is InChI=1S/C14H20F3N3O/c1-19-4-3-9(7-19)8-20(2)12-6-13(21-14(16)17)10(15)5-11(12)18/h5-6,9,14H,3-4,7-8,18H2,1-2H3. The Bertz CT molecular complexity index is 499. The summed E-state index contributed by atoms with van der Waals surface area (Å²) in [5, 5.41) is 0. The van der Waals surface area contributed by atoms with Crippen molar-refractivity contribution in [1.82, 2.24) is 4.90 Å². The Kier molecular flexibility index (Phi) is 4.82. The number of hydrogen-bond donors (Lipinski definition) is 1. The first-order valence-corrected chi connectivity index (χ1v) is 6.80. The third-order valence-corrected chi connectivity index (χ3v) is 3.73. The summed E-state index contributed by atoms with van der Waals surface area (Å²) in [6.07, 6.45) is 1.07. The summed E-state index contributed by atoms with van der Waals surface area (Å²) in [7, 11) is 3.87. The van der Waals surface area contributed by atoms with Crippen LogP contribution < -0.4 is 15.4 Å². The molecular formula is C14H20F3N3O. The van der Waals surface area contributed by atoms with Gasteiger partial charge < -0.3 is 20.3 Å². The second kappa shape index (κ2) is 6.43. The highest BCUT2D eigenvalue weighted by atomic mass is 19.3. The predicted molar refractivity (Wildman–Crippen MR) is 76.3 cm³/mol. The van der Waals surface area contributed by atoms with Gasteiger partial charge in [0.2, 0.25) is 0 Å². The van der Waals surface area contributed by atoms with Crippen molar-refractivity contribution in [3.63, 3.8) is 0 Å². The lowest BCUT2D eigenvalue weighted by Crippen LogP contribution is -2.28. The maximum atomic E-state index is 13.5. The fourth-order valence-corrected chi connectivity index (χ4v) is 2.74. The monoisotopic (exact) mass is 303 g/mol. The summed E-state index contributed by atoms with van der Waals surface area (Å²) in [6, 6.07) is 2.25. The molecule has 1 aliphatic rings. The van der Waals surface area contributed by atoms with Crippen LogP contribution in [0.4, 0.5) is 24.5 Å². The lowest BCUT2D eigenvalue weighted by Gasteiger charge is -2.25. The van der Waals surface area contributed by atoms with Gasteiger partial charge in [-0.15, -0.1) is 0 Å². The van der Waals surface area contributed by atoms with E-state index in [0.717, 1.165) is 32.1 Å². The Labute approximate surface area is 122 Å². The second-order valence-electron chi connectivity index (χ2n) is 5.52. The molecule has 1 saturated heterocycles. The van der Waals surface area contributed by atoms with Gasteiger partial charge in [-0.25, -0.2) is 4.39 Å². The van der Waals surface area contributed by atoms with E-state index < -0.39 is 18.2 Å². The molecule has 0 spiro atoms. The summed E-state index contributed by atoms with van der Waals surface area (Å²) in [6.45, 7) is -0.318. The molecule has 7 heteroatoms. The number of nitrogens with two attached hydrogens (primary N) is 1. The first-order valence-electron chi connectivity index (χ1n) is 6.80. The smallest absolute Gasteiger partial charge is 0.387 e. The van der Waals surface area contributed by atoms with Crippen LogP contribution in [0.5, 0.6) is 5.75 Å². The molecule has 1 aromatic rings. The number of ether oxygens (including phenoxy) is 1. The fraction of sp³-hybridized carbons (Fsp3) is 0.571. The van der Waals surface area contributed by atoms with Crippen molar-refractivity contribution in [3.8, 4) is 5.75 Å². The molecule has 0 saturated carbocycles. The number of anilines is 2. The Morgan fingerprint density at radius 1 is 1.48 bits per heavy atom.